The fourth-order valence-electron chi connectivity index (χ4n) is 1.69. The van der Waals surface area contributed by atoms with Gasteiger partial charge in [0.2, 0.25) is 5.88 Å². The van der Waals surface area contributed by atoms with Gasteiger partial charge >= 0.3 is 0 Å². The van der Waals surface area contributed by atoms with Crippen LogP contribution < -0.4 is 10.1 Å². The molecule has 0 spiro atoms. The van der Waals surface area contributed by atoms with Gasteiger partial charge in [-0.1, -0.05) is 27.2 Å². The van der Waals surface area contributed by atoms with Crippen LogP contribution in [-0.2, 0) is 6.42 Å². The van der Waals surface area contributed by atoms with Crippen LogP contribution in [0.5, 0.6) is 5.88 Å². The summed E-state index contributed by atoms with van der Waals surface area (Å²) in [6.45, 7) is 11.5. The first kappa shape index (κ1) is 15.7. The first-order valence-electron chi connectivity index (χ1n) is 7.30. The minimum atomic E-state index is -0.196. The van der Waals surface area contributed by atoms with Crippen molar-refractivity contribution < 1.29 is 4.74 Å². The lowest BCUT2D eigenvalue weighted by Crippen LogP contribution is -2.28. The molecule has 0 aliphatic carbocycles. The van der Waals surface area contributed by atoms with Gasteiger partial charge in [-0.05, 0) is 33.1 Å². The molecule has 0 amide bonds. The van der Waals surface area contributed by atoms with Crippen molar-refractivity contribution >= 4 is 5.82 Å². The molecule has 0 saturated carbocycles. The summed E-state index contributed by atoms with van der Waals surface area (Å²) >= 11 is 0. The molecular weight excluding hydrogens is 238 g/mol. The van der Waals surface area contributed by atoms with E-state index in [9.17, 15) is 0 Å². The van der Waals surface area contributed by atoms with Gasteiger partial charge in [0.05, 0.1) is 5.56 Å². The maximum absolute atomic E-state index is 6.06. The highest BCUT2D eigenvalue weighted by Crippen LogP contribution is 2.27. The Morgan fingerprint density at radius 3 is 2.47 bits per heavy atom. The third-order valence-electron chi connectivity index (χ3n) is 3.17. The highest BCUT2D eigenvalue weighted by Gasteiger charge is 2.21. The van der Waals surface area contributed by atoms with E-state index in [0.717, 1.165) is 49.5 Å². The zero-order valence-corrected chi connectivity index (χ0v) is 12.9. The molecule has 108 valence electrons. The molecule has 0 aliphatic rings. The summed E-state index contributed by atoms with van der Waals surface area (Å²) in [6, 6.07) is 0. The second-order valence-electron chi connectivity index (χ2n) is 5.40. The highest BCUT2D eigenvalue weighted by molar-refractivity contribution is 5.48. The Balaban J connectivity index is 3.01. The van der Waals surface area contributed by atoms with E-state index >= 15 is 0 Å². The van der Waals surface area contributed by atoms with Gasteiger partial charge in [0, 0.05) is 6.54 Å². The van der Waals surface area contributed by atoms with E-state index in [-0.39, 0.29) is 5.60 Å². The van der Waals surface area contributed by atoms with E-state index in [1.807, 2.05) is 0 Å². The van der Waals surface area contributed by atoms with Crippen LogP contribution in [-0.4, -0.2) is 22.1 Å². The summed E-state index contributed by atoms with van der Waals surface area (Å²) in [5, 5.41) is 3.36. The van der Waals surface area contributed by atoms with E-state index in [2.05, 4.69) is 49.9 Å². The largest absolute Gasteiger partial charge is 0.471 e. The summed E-state index contributed by atoms with van der Waals surface area (Å²) in [5.74, 6) is 1.64. The second-order valence-corrected chi connectivity index (χ2v) is 5.40. The van der Waals surface area contributed by atoms with Crippen LogP contribution in [0.2, 0.25) is 0 Å². The lowest BCUT2D eigenvalue weighted by Gasteiger charge is -2.26. The molecule has 1 heterocycles. The van der Waals surface area contributed by atoms with E-state index < -0.39 is 0 Å². The maximum Gasteiger partial charge on any atom is 0.222 e. The molecule has 4 heteroatoms. The SMILES string of the molecule is CCCNc1ncnc(OC(C)(C)CC)c1CCC. The smallest absolute Gasteiger partial charge is 0.222 e. The molecule has 0 aliphatic heterocycles. The quantitative estimate of drug-likeness (QED) is 0.776. The Labute approximate surface area is 117 Å². The number of nitrogens with zero attached hydrogens (tertiary/aromatic N) is 2. The average molecular weight is 265 g/mol. The van der Waals surface area contributed by atoms with Crippen LogP contribution in [0.1, 0.15) is 59.4 Å². The minimum Gasteiger partial charge on any atom is -0.471 e. The minimum absolute atomic E-state index is 0.196. The van der Waals surface area contributed by atoms with Crippen molar-refractivity contribution in [3.8, 4) is 5.88 Å². The fraction of sp³-hybridized carbons (Fsp3) is 0.733. The van der Waals surface area contributed by atoms with E-state index in [0.29, 0.717) is 0 Å². The zero-order valence-electron chi connectivity index (χ0n) is 12.9. The third-order valence-corrected chi connectivity index (χ3v) is 3.17. The number of nitrogens with one attached hydrogen (secondary N) is 1. The number of rotatable bonds is 8. The highest BCUT2D eigenvalue weighted by atomic mass is 16.5. The van der Waals surface area contributed by atoms with Gasteiger partial charge in [-0.25, -0.2) is 9.97 Å². The number of anilines is 1. The summed E-state index contributed by atoms with van der Waals surface area (Å²) < 4.78 is 6.06. The predicted octanol–water partition coefficient (Wildman–Crippen LogP) is 3.82. The van der Waals surface area contributed by atoms with E-state index in [1.165, 1.54) is 0 Å². The van der Waals surface area contributed by atoms with Crippen LogP contribution in [0, 0.1) is 0 Å². The van der Waals surface area contributed by atoms with Gasteiger partial charge in [0.25, 0.3) is 0 Å². The maximum atomic E-state index is 6.06. The Morgan fingerprint density at radius 1 is 1.16 bits per heavy atom. The molecule has 1 N–H and O–H groups in total. The Bertz CT molecular complexity index is 391. The average Bonchev–Trinajstić information content (AvgIpc) is 2.39. The molecule has 0 aromatic carbocycles. The standard InChI is InChI=1S/C15H27N3O/c1-6-9-12-13(16-10-7-2)17-11-18-14(12)19-15(4,5)8-3/h11H,6-10H2,1-5H3,(H,16,17,18). The molecule has 1 rings (SSSR count). The van der Waals surface area contributed by atoms with E-state index in [1.54, 1.807) is 6.33 Å². The zero-order chi connectivity index (χ0) is 14.3. The lowest BCUT2D eigenvalue weighted by atomic mass is 10.1. The first-order chi connectivity index (χ1) is 9.04. The van der Waals surface area contributed by atoms with Gasteiger partial charge in [-0.15, -0.1) is 0 Å². The number of hydrogen-bond acceptors (Lipinski definition) is 4. The van der Waals surface area contributed by atoms with Gasteiger partial charge in [0.15, 0.2) is 0 Å². The Morgan fingerprint density at radius 2 is 1.89 bits per heavy atom. The molecule has 0 fully saturated rings. The predicted molar refractivity (Wildman–Crippen MR) is 79.8 cm³/mol. The topological polar surface area (TPSA) is 47.0 Å². The molecule has 1 aromatic rings. The van der Waals surface area contributed by atoms with Crippen molar-refractivity contribution in [1.29, 1.82) is 0 Å². The molecule has 4 nitrogen and oxygen atoms in total. The molecule has 1 aromatic heterocycles. The molecule has 0 radical (unpaired) electrons. The van der Waals surface area contributed by atoms with Gasteiger partial charge in [-0.3, -0.25) is 0 Å². The monoisotopic (exact) mass is 265 g/mol. The van der Waals surface area contributed by atoms with Crippen LogP contribution in [0.25, 0.3) is 0 Å². The molecule has 0 unspecified atom stereocenters. The van der Waals surface area contributed by atoms with Crippen molar-refractivity contribution in [1.82, 2.24) is 9.97 Å². The summed E-state index contributed by atoms with van der Waals surface area (Å²) in [7, 11) is 0. The van der Waals surface area contributed by atoms with Crippen LogP contribution >= 0.6 is 0 Å². The Kier molecular flexibility index (Phi) is 6.06. The van der Waals surface area contributed by atoms with Crippen LogP contribution in [0.3, 0.4) is 0 Å². The summed E-state index contributed by atoms with van der Waals surface area (Å²) in [5.41, 5.74) is 0.902. The Hall–Kier alpha value is -1.32. The molecule has 0 bridgehead atoms. The van der Waals surface area contributed by atoms with Crippen molar-refractivity contribution in [3.63, 3.8) is 0 Å². The van der Waals surface area contributed by atoms with Crippen molar-refractivity contribution in [2.24, 2.45) is 0 Å². The van der Waals surface area contributed by atoms with Crippen LogP contribution in [0.15, 0.2) is 6.33 Å². The van der Waals surface area contributed by atoms with Crippen molar-refractivity contribution in [2.75, 3.05) is 11.9 Å². The molecule has 0 atom stereocenters. The molecule has 0 saturated heterocycles. The summed E-state index contributed by atoms with van der Waals surface area (Å²) in [4.78, 5) is 8.67. The van der Waals surface area contributed by atoms with Gasteiger partial charge in [-0.2, -0.15) is 0 Å². The van der Waals surface area contributed by atoms with Crippen LogP contribution in [0.4, 0.5) is 5.82 Å². The van der Waals surface area contributed by atoms with Gasteiger partial charge in [0.1, 0.15) is 17.7 Å². The molecular formula is C15H27N3O. The number of aromatic nitrogens is 2. The third kappa shape index (κ3) is 4.69. The van der Waals surface area contributed by atoms with E-state index in [4.69, 9.17) is 4.74 Å². The number of ether oxygens (including phenoxy) is 1. The normalized spacial score (nSPS) is 11.4. The lowest BCUT2D eigenvalue weighted by molar-refractivity contribution is 0.0974. The second kappa shape index (κ2) is 7.31. The first-order valence-corrected chi connectivity index (χ1v) is 7.30. The fourth-order valence-corrected chi connectivity index (χ4v) is 1.69. The van der Waals surface area contributed by atoms with Gasteiger partial charge < -0.3 is 10.1 Å². The summed E-state index contributed by atoms with van der Waals surface area (Å²) in [6.07, 6.45) is 5.59. The number of hydrogen-bond donors (Lipinski definition) is 1. The van der Waals surface area contributed by atoms with Crippen molar-refractivity contribution in [2.45, 2.75) is 65.9 Å². The molecule has 19 heavy (non-hydrogen) atoms. The van der Waals surface area contributed by atoms with Crippen molar-refractivity contribution in [3.05, 3.63) is 11.9 Å².